The van der Waals surface area contributed by atoms with Gasteiger partial charge in [0.15, 0.2) is 0 Å². The molecule has 0 radical (unpaired) electrons. The number of halogens is 1. The molecule has 1 aliphatic heterocycles. The Bertz CT molecular complexity index is 923. The lowest BCUT2D eigenvalue weighted by molar-refractivity contribution is -0.131. The van der Waals surface area contributed by atoms with Gasteiger partial charge in [-0.1, -0.05) is 12.8 Å². The van der Waals surface area contributed by atoms with E-state index in [-0.39, 0.29) is 16.8 Å². The van der Waals surface area contributed by atoms with Crippen molar-refractivity contribution < 1.29 is 17.6 Å². The first-order valence-corrected chi connectivity index (χ1v) is 11.3. The highest BCUT2D eigenvalue weighted by Gasteiger charge is 2.21. The monoisotopic (exact) mass is 419 g/mol. The van der Waals surface area contributed by atoms with Gasteiger partial charge in [0.05, 0.1) is 4.90 Å². The maximum Gasteiger partial charge on any atom is 0.261 e. The van der Waals surface area contributed by atoms with Crippen LogP contribution in [-0.2, 0) is 14.8 Å². The molecule has 0 bridgehead atoms. The number of likely N-dealkylation sites (tertiary alicyclic amines) is 1. The standard InChI is InChI=1S/C21H26FN3O3S/c1-16(21(26)25-14-4-2-3-5-15-25)23-18-8-10-19(11-9-18)24-29(27,28)20-12-6-17(22)7-13-20/h6-13,16,23-24H,2-5,14-15H2,1H3/t16-/m0/s1. The Labute approximate surface area is 171 Å². The summed E-state index contributed by atoms with van der Waals surface area (Å²) in [6.45, 7) is 3.43. The van der Waals surface area contributed by atoms with Crippen molar-refractivity contribution >= 4 is 27.3 Å². The van der Waals surface area contributed by atoms with E-state index in [1.807, 2.05) is 11.8 Å². The molecular formula is C21H26FN3O3S. The molecule has 1 fully saturated rings. The van der Waals surface area contributed by atoms with E-state index >= 15 is 0 Å². The summed E-state index contributed by atoms with van der Waals surface area (Å²) >= 11 is 0. The molecule has 0 spiro atoms. The van der Waals surface area contributed by atoms with E-state index in [1.54, 1.807) is 24.3 Å². The number of benzene rings is 2. The number of amides is 1. The molecule has 0 unspecified atom stereocenters. The SMILES string of the molecule is C[C@H](Nc1ccc(NS(=O)(=O)c2ccc(F)cc2)cc1)C(=O)N1CCCCCC1. The first-order valence-electron chi connectivity index (χ1n) is 9.79. The van der Waals surface area contributed by atoms with Crippen molar-refractivity contribution in [2.75, 3.05) is 23.1 Å². The van der Waals surface area contributed by atoms with Crippen molar-refractivity contribution in [1.29, 1.82) is 0 Å². The van der Waals surface area contributed by atoms with Crippen molar-refractivity contribution in [3.8, 4) is 0 Å². The van der Waals surface area contributed by atoms with E-state index in [1.165, 1.54) is 25.0 Å². The Morgan fingerprint density at radius 1 is 0.931 bits per heavy atom. The summed E-state index contributed by atoms with van der Waals surface area (Å²) in [5, 5.41) is 3.18. The zero-order valence-electron chi connectivity index (χ0n) is 16.4. The van der Waals surface area contributed by atoms with E-state index in [0.717, 1.165) is 43.8 Å². The van der Waals surface area contributed by atoms with E-state index in [0.29, 0.717) is 5.69 Å². The molecule has 8 heteroatoms. The summed E-state index contributed by atoms with van der Waals surface area (Å²) in [5.74, 6) is -0.420. The maximum absolute atomic E-state index is 13.0. The van der Waals surface area contributed by atoms with Crippen molar-refractivity contribution in [2.45, 2.75) is 43.5 Å². The normalized spacial score (nSPS) is 16.0. The zero-order valence-corrected chi connectivity index (χ0v) is 17.2. The Hall–Kier alpha value is -2.61. The van der Waals surface area contributed by atoms with Crippen LogP contribution < -0.4 is 10.0 Å². The minimum absolute atomic E-state index is 0.0160. The van der Waals surface area contributed by atoms with E-state index in [2.05, 4.69) is 10.0 Å². The van der Waals surface area contributed by atoms with Crippen LogP contribution in [0.5, 0.6) is 0 Å². The fourth-order valence-electron chi connectivity index (χ4n) is 3.34. The molecule has 0 aromatic heterocycles. The minimum Gasteiger partial charge on any atom is -0.374 e. The average Bonchev–Trinajstić information content (AvgIpc) is 2.98. The number of nitrogens with zero attached hydrogens (tertiary/aromatic N) is 1. The van der Waals surface area contributed by atoms with Crippen LogP contribution in [0.4, 0.5) is 15.8 Å². The molecule has 1 amide bonds. The molecule has 2 N–H and O–H groups in total. The van der Waals surface area contributed by atoms with Crippen LogP contribution in [0.3, 0.4) is 0 Å². The Morgan fingerprint density at radius 3 is 2.07 bits per heavy atom. The molecule has 156 valence electrons. The second kappa shape index (κ2) is 9.26. The molecule has 6 nitrogen and oxygen atoms in total. The van der Waals surface area contributed by atoms with E-state index < -0.39 is 15.8 Å². The maximum atomic E-state index is 13.0. The number of carbonyl (C=O) groups excluding carboxylic acids is 1. The Kier molecular flexibility index (Phi) is 6.74. The molecule has 3 rings (SSSR count). The summed E-state index contributed by atoms with van der Waals surface area (Å²) in [7, 11) is -3.80. The van der Waals surface area contributed by atoms with Gasteiger partial charge >= 0.3 is 0 Å². The number of sulfonamides is 1. The van der Waals surface area contributed by atoms with Crippen molar-refractivity contribution in [3.63, 3.8) is 0 Å². The van der Waals surface area contributed by atoms with Crippen LogP contribution in [0, 0.1) is 5.82 Å². The van der Waals surface area contributed by atoms with Gasteiger partial charge in [0.1, 0.15) is 11.9 Å². The number of carbonyl (C=O) groups is 1. The van der Waals surface area contributed by atoms with Gasteiger partial charge in [0, 0.05) is 24.5 Å². The second-order valence-corrected chi connectivity index (χ2v) is 8.92. The molecule has 0 aliphatic carbocycles. The van der Waals surface area contributed by atoms with Gasteiger partial charge in [0.25, 0.3) is 10.0 Å². The molecule has 1 atom stereocenters. The van der Waals surface area contributed by atoms with Gasteiger partial charge in [-0.2, -0.15) is 0 Å². The van der Waals surface area contributed by atoms with E-state index in [4.69, 9.17) is 0 Å². The molecule has 0 saturated carbocycles. The van der Waals surface area contributed by atoms with Crippen molar-refractivity contribution in [3.05, 3.63) is 54.3 Å². The summed E-state index contributed by atoms with van der Waals surface area (Å²) < 4.78 is 40.2. The predicted molar refractivity (Wildman–Crippen MR) is 112 cm³/mol. The highest BCUT2D eigenvalue weighted by molar-refractivity contribution is 7.92. The molecule has 1 saturated heterocycles. The van der Waals surface area contributed by atoms with Crippen molar-refractivity contribution in [2.24, 2.45) is 0 Å². The highest BCUT2D eigenvalue weighted by atomic mass is 32.2. The first kappa shape index (κ1) is 21.1. The van der Waals surface area contributed by atoms with Crippen LogP contribution in [-0.4, -0.2) is 38.4 Å². The smallest absolute Gasteiger partial charge is 0.261 e. The topological polar surface area (TPSA) is 78.5 Å². The number of anilines is 2. The van der Waals surface area contributed by atoms with Gasteiger partial charge in [-0.25, -0.2) is 12.8 Å². The fraction of sp³-hybridized carbons (Fsp3) is 0.381. The number of hydrogen-bond acceptors (Lipinski definition) is 4. The van der Waals surface area contributed by atoms with Crippen LogP contribution in [0.1, 0.15) is 32.6 Å². The Morgan fingerprint density at radius 2 is 1.48 bits per heavy atom. The average molecular weight is 420 g/mol. The highest BCUT2D eigenvalue weighted by Crippen LogP contribution is 2.20. The fourth-order valence-corrected chi connectivity index (χ4v) is 4.40. The summed E-state index contributed by atoms with van der Waals surface area (Å²) in [5.41, 5.74) is 1.11. The number of hydrogen-bond donors (Lipinski definition) is 2. The lowest BCUT2D eigenvalue weighted by Crippen LogP contribution is -2.41. The van der Waals surface area contributed by atoms with Gasteiger partial charge in [-0.15, -0.1) is 0 Å². The second-order valence-electron chi connectivity index (χ2n) is 7.24. The molecule has 2 aromatic rings. The van der Waals surface area contributed by atoms with Gasteiger partial charge < -0.3 is 10.2 Å². The predicted octanol–water partition coefficient (Wildman–Crippen LogP) is 3.83. The van der Waals surface area contributed by atoms with Gasteiger partial charge in [-0.3, -0.25) is 9.52 Å². The summed E-state index contributed by atoms with van der Waals surface area (Å²) in [4.78, 5) is 14.5. The van der Waals surface area contributed by atoms with Gasteiger partial charge in [-0.05, 0) is 68.3 Å². The van der Waals surface area contributed by atoms with Crippen LogP contribution >= 0.6 is 0 Å². The Balaban J connectivity index is 1.60. The molecular weight excluding hydrogens is 393 g/mol. The van der Waals surface area contributed by atoms with Crippen LogP contribution in [0.25, 0.3) is 0 Å². The van der Waals surface area contributed by atoms with Crippen LogP contribution in [0.15, 0.2) is 53.4 Å². The largest absolute Gasteiger partial charge is 0.374 e. The third-order valence-electron chi connectivity index (χ3n) is 4.93. The van der Waals surface area contributed by atoms with Crippen molar-refractivity contribution in [1.82, 2.24) is 4.90 Å². The van der Waals surface area contributed by atoms with E-state index in [9.17, 15) is 17.6 Å². The summed E-state index contributed by atoms with van der Waals surface area (Å²) in [6.07, 6.45) is 4.42. The third kappa shape index (κ3) is 5.69. The van der Waals surface area contributed by atoms with Crippen LogP contribution in [0.2, 0.25) is 0 Å². The molecule has 2 aromatic carbocycles. The summed E-state index contributed by atoms with van der Waals surface area (Å²) in [6, 6.07) is 10.9. The zero-order chi connectivity index (χ0) is 20.9. The molecule has 29 heavy (non-hydrogen) atoms. The van der Waals surface area contributed by atoms with Gasteiger partial charge in [0.2, 0.25) is 5.91 Å². The molecule has 1 heterocycles. The quantitative estimate of drug-likeness (QED) is 0.746. The number of nitrogens with one attached hydrogen (secondary N) is 2. The first-order chi connectivity index (χ1) is 13.8. The number of rotatable bonds is 6. The lowest BCUT2D eigenvalue weighted by Gasteiger charge is -2.25. The third-order valence-corrected chi connectivity index (χ3v) is 6.33. The molecule has 1 aliphatic rings. The lowest BCUT2D eigenvalue weighted by atomic mass is 10.2. The minimum atomic E-state index is -3.80.